The van der Waals surface area contributed by atoms with Crippen LogP contribution < -0.4 is 11.1 Å². The summed E-state index contributed by atoms with van der Waals surface area (Å²) in [7, 11) is 0. The van der Waals surface area contributed by atoms with Crippen molar-refractivity contribution in [2.24, 2.45) is 11.1 Å². The van der Waals surface area contributed by atoms with Crippen LogP contribution in [0.1, 0.15) is 33.6 Å². The van der Waals surface area contributed by atoms with Crippen molar-refractivity contribution >= 4 is 11.8 Å². The van der Waals surface area contributed by atoms with E-state index < -0.39 is 16.9 Å². The van der Waals surface area contributed by atoms with Crippen molar-refractivity contribution in [3.8, 4) is 0 Å². The summed E-state index contributed by atoms with van der Waals surface area (Å²) in [4.78, 5) is 23.5. The minimum Gasteiger partial charge on any atom is -0.381 e. The fourth-order valence-electron chi connectivity index (χ4n) is 1.38. The van der Waals surface area contributed by atoms with E-state index in [1.807, 2.05) is 0 Å². The van der Waals surface area contributed by atoms with Crippen molar-refractivity contribution in [2.75, 3.05) is 13.2 Å². The second-order valence-electron chi connectivity index (χ2n) is 5.30. The van der Waals surface area contributed by atoms with Crippen LogP contribution >= 0.6 is 0 Å². The van der Waals surface area contributed by atoms with Gasteiger partial charge in [-0.25, -0.2) is 0 Å². The fraction of sp³-hybridized carbons (Fsp3) is 0.818. The van der Waals surface area contributed by atoms with E-state index in [0.29, 0.717) is 26.1 Å². The topological polar surface area (TPSA) is 81.4 Å². The molecule has 5 heteroatoms. The van der Waals surface area contributed by atoms with Gasteiger partial charge in [-0.2, -0.15) is 0 Å². The van der Waals surface area contributed by atoms with Crippen LogP contribution in [-0.2, 0) is 14.3 Å². The first-order valence-corrected chi connectivity index (χ1v) is 5.48. The molecule has 5 nitrogen and oxygen atoms in total. The maximum atomic E-state index is 11.9. The molecule has 0 unspecified atom stereocenters. The molecule has 0 spiro atoms. The van der Waals surface area contributed by atoms with Gasteiger partial charge in [-0.1, -0.05) is 20.8 Å². The maximum absolute atomic E-state index is 11.9. The molecule has 0 aliphatic carbocycles. The van der Waals surface area contributed by atoms with E-state index in [-0.39, 0.29) is 5.91 Å². The molecule has 92 valence electrons. The molecule has 0 saturated carbocycles. The van der Waals surface area contributed by atoms with Crippen molar-refractivity contribution < 1.29 is 14.3 Å². The van der Waals surface area contributed by atoms with Gasteiger partial charge in [0.2, 0.25) is 11.8 Å². The Hall–Kier alpha value is -0.940. The Morgan fingerprint density at radius 1 is 1.25 bits per heavy atom. The third-order valence-electron chi connectivity index (χ3n) is 2.75. The number of rotatable bonds is 1. The normalized spacial score (nSPS) is 20.2. The number of nitrogens with two attached hydrogens (primary N) is 1. The molecule has 1 rings (SSSR count). The van der Waals surface area contributed by atoms with Gasteiger partial charge < -0.3 is 10.5 Å². The molecule has 1 aliphatic heterocycles. The largest absolute Gasteiger partial charge is 0.381 e. The van der Waals surface area contributed by atoms with E-state index in [2.05, 4.69) is 5.32 Å². The van der Waals surface area contributed by atoms with Crippen LogP contribution in [0.4, 0.5) is 0 Å². The summed E-state index contributed by atoms with van der Waals surface area (Å²) in [6.45, 7) is 6.19. The molecule has 1 fully saturated rings. The number of imide groups is 1. The third kappa shape index (κ3) is 3.02. The lowest BCUT2D eigenvalue weighted by molar-refractivity contribution is -0.139. The highest BCUT2D eigenvalue weighted by atomic mass is 16.5. The van der Waals surface area contributed by atoms with Gasteiger partial charge in [0.15, 0.2) is 0 Å². The zero-order valence-electron chi connectivity index (χ0n) is 10.1. The highest BCUT2D eigenvalue weighted by Gasteiger charge is 2.38. The molecule has 1 saturated heterocycles. The molecule has 1 heterocycles. The van der Waals surface area contributed by atoms with Crippen LogP contribution in [0.25, 0.3) is 0 Å². The van der Waals surface area contributed by atoms with Crippen molar-refractivity contribution in [3.63, 3.8) is 0 Å². The lowest BCUT2D eigenvalue weighted by Crippen LogP contribution is -2.59. The van der Waals surface area contributed by atoms with Gasteiger partial charge in [0, 0.05) is 18.6 Å². The summed E-state index contributed by atoms with van der Waals surface area (Å²) in [5.74, 6) is -0.690. The highest BCUT2D eigenvalue weighted by Crippen LogP contribution is 2.19. The summed E-state index contributed by atoms with van der Waals surface area (Å²) >= 11 is 0. The summed E-state index contributed by atoms with van der Waals surface area (Å²) in [6, 6.07) is 0. The molecule has 0 bridgehead atoms. The van der Waals surface area contributed by atoms with E-state index in [0.717, 1.165) is 0 Å². The van der Waals surface area contributed by atoms with Gasteiger partial charge in [0.1, 0.15) is 5.54 Å². The molecule has 0 aromatic carbocycles. The molecule has 0 atom stereocenters. The minimum absolute atomic E-state index is 0.297. The molecular weight excluding hydrogens is 208 g/mol. The van der Waals surface area contributed by atoms with Gasteiger partial charge in [-0.15, -0.1) is 0 Å². The number of amides is 2. The Bertz CT molecular complexity index is 288. The van der Waals surface area contributed by atoms with Crippen molar-refractivity contribution in [3.05, 3.63) is 0 Å². The first-order valence-electron chi connectivity index (χ1n) is 5.48. The summed E-state index contributed by atoms with van der Waals surface area (Å²) in [6.07, 6.45) is 0.909. The fourth-order valence-corrected chi connectivity index (χ4v) is 1.38. The van der Waals surface area contributed by atoms with Gasteiger partial charge in [0.25, 0.3) is 0 Å². The smallest absolute Gasteiger partial charge is 0.246 e. The molecule has 0 aromatic rings. The number of ether oxygens (including phenoxy) is 1. The monoisotopic (exact) mass is 228 g/mol. The standard InChI is InChI=1S/C11H20N2O3/c1-10(2,3)8(14)13-9(15)11(12)4-6-16-7-5-11/h4-7,12H2,1-3H3,(H,13,14,15). The molecule has 0 aromatic heterocycles. The second-order valence-corrected chi connectivity index (χ2v) is 5.30. The summed E-state index contributed by atoms with van der Waals surface area (Å²) in [5, 5.41) is 2.37. The predicted molar refractivity (Wildman–Crippen MR) is 59.6 cm³/mol. The van der Waals surface area contributed by atoms with Gasteiger partial charge in [-0.05, 0) is 12.8 Å². The first kappa shape index (κ1) is 13.1. The Morgan fingerprint density at radius 3 is 2.19 bits per heavy atom. The second kappa shape index (κ2) is 4.51. The zero-order chi connectivity index (χ0) is 12.4. The van der Waals surface area contributed by atoms with Crippen molar-refractivity contribution in [2.45, 2.75) is 39.2 Å². The molecule has 1 aliphatic rings. The summed E-state index contributed by atoms with van der Waals surface area (Å²) < 4.78 is 5.14. The Labute approximate surface area is 95.7 Å². The Kier molecular flexibility index (Phi) is 3.70. The van der Waals surface area contributed by atoms with Gasteiger partial charge >= 0.3 is 0 Å². The number of carbonyl (C=O) groups excluding carboxylic acids is 2. The Morgan fingerprint density at radius 2 is 1.75 bits per heavy atom. The van der Waals surface area contributed by atoms with Crippen LogP contribution in [0, 0.1) is 5.41 Å². The molecule has 16 heavy (non-hydrogen) atoms. The highest BCUT2D eigenvalue weighted by molar-refractivity contribution is 6.01. The third-order valence-corrected chi connectivity index (χ3v) is 2.75. The lowest BCUT2D eigenvalue weighted by atomic mass is 9.89. The van der Waals surface area contributed by atoms with E-state index in [1.54, 1.807) is 20.8 Å². The number of nitrogens with one attached hydrogen (secondary N) is 1. The molecule has 2 amide bonds. The average Bonchev–Trinajstić information content (AvgIpc) is 2.17. The first-order chi connectivity index (χ1) is 7.26. The SMILES string of the molecule is CC(C)(C)C(=O)NC(=O)C1(N)CCOCC1. The molecular formula is C11H20N2O3. The molecule has 0 radical (unpaired) electrons. The lowest BCUT2D eigenvalue weighted by Gasteiger charge is -2.32. The van der Waals surface area contributed by atoms with E-state index in [1.165, 1.54) is 0 Å². The van der Waals surface area contributed by atoms with Crippen LogP contribution in [0.2, 0.25) is 0 Å². The Balaban J connectivity index is 2.61. The van der Waals surface area contributed by atoms with Crippen LogP contribution in [0.15, 0.2) is 0 Å². The zero-order valence-corrected chi connectivity index (χ0v) is 10.1. The van der Waals surface area contributed by atoms with Gasteiger partial charge in [0.05, 0.1) is 0 Å². The van der Waals surface area contributed by atoms with Gasteiger partial charge in [-0.3, -0.25) is 14.9 Å². The van der Waals surface area contributed by atoms with Crippen LogP contribution in [0.5, 0.6) is 0 Å². The van der Waals surface area contributed by atoms with Crippen molar-refractivity contribution in [1.82, 2.24) is 5.32 Å². The van der Waals surface area contributed by atoms with Crippen LogP contribution in [-0.4, -0.2) is 30.6 Å². The molecule has 3 N–H and O–H groups in total. The summed E-state index contributed by atoms with van der Waals surface area (Å²) in [5.41, 5.74) is 4.40. The minimum atomic E-state index is -0.959. The number of hydrogen-bond acceptors (Lipinski definition) is 4. The van der Waals surface area contributed by atoms with E-state index in [4.69, 9.17) is 10.5 Å². The van der Waals surface area contributed by atoms with E-state index >= 15 is 0 Å². The quantitative estimate of drug-likeness (QED) is 0.671. The number of carbonyl (C=O) groups is 2. The average molecular weight is 228 g/mol. The van der Waals surface area contributed by atoms with E-state index in [9.17, 15) is 9.59 Å². The predicted octanol–water partition coefficient (Wildman–Crippen LogP) is 0.183. The van der Waals surface area contributed by atoms with Crippen LogP contribution in [0.3, 0.4) is 0 Å². The number of hydrogen-bond donors (Lipinski definition) is 2. The van der Waals surface area contributed by atoms with Crippen molar-refractivity contribution in [1.29, 1.82) is 0 Å². The maximum Gasteiger partial charge on any atom is 0.246 e.